The van der Waals surface area contributed by atoms with Gasteiger partial charge in [-0.3, -0.25) is 9.59 Å². The number of hydrogen-bond donors (Lipinski definition) is 3. The fraction of sp³-hybridized carbons (Fsp3) is 0.423. The molecule has 0 heterocycles. The van der Waals surface area contributed by atoms with Gasteiger partial charge in [-0.2, -0.15) is 0 Å². The lowest BCUT2D eigenvalue weighted by Gasteiger charge is -2.31. The van der Waals surface area contributed by atoms with E-state index in [2.05, 4.69) is 5.32 Å². The van der Waals surface area contributed by atoms with E-state index in [0.717, 1.165) is 22.3 Å². The molecular weight excluding hydrogens is 436 g/mol. The van der Waals surface area contributed by atoms with E-state index in [9.17, 15) is 19.5 Å². The molecule has 3 N–H and O–H groups in total. The van der Waals surface area contributed by atoms with Gasteiger partial charge in [-0.25, -0.2) is 4.79 Å². The van der Waals surface area contributed by atoms with Crippen LogP contribution in [0.25, 0.3) is 0 Å². The molecule has 0 fully saturated rings. The number of aliphatic hydroxyl groups excluding tert-OH is 1. The van der Waals surface area contributed by atoms with Gasteiger partial charge in [0.1, 0.15) is 13.0 Å². The number of carboxylic acids is 1. The predicted octanol–water partition coefficient (Wildman–Crippen LogP) is 3.56. The van der Waals surface area contributed by atoms with E-state index in [1.165, 1.54) is 4.90 Å². The summed E-state index contributed by atoms with van der Waals surface area (Å²) in [4.78, 5) is 37.6. The third-order valence-corrected chi connectivity index (χ3v) is 5.45. The molecule has 2 rings (SSSR count). The van der Waals surface area contributed by atoms with Crippen molar-refractivity contribution in [2.45, 2.75) is 65.3 Å². The second kappa shape index (κ2) is 13.3. The van der Waals surface area contributed by atoms with Crippen LogP contribution in [-0.2, 0) is 27.5 Å². The maximum absolute atomic E-state index is 13.1. The Balaban J connectivity index is 2.24. The number of nitrogens with zero attached hydrogens (tertiary/aromatic N) is 1. The largest absolute Gasteiger partial charge is 0.481 e. The summed E-state index contributed by atoms with van der Waals surface area (Å²) in [6.07, 6.45) is -1.22. The molecule has 0 unspecified atom stereocenters. The standard InChI is InChI=1S/C26H34N2O6/c1-4-8-23(29)22(27-24(30)14-25(31)32)16-28(15-21-12-11-18(2)13-19(21)3)26(33)34-17-20-9-6-5-7-10-20/h5-7,9-13,22-23,29H,4,8,14-17H2,1-3H3,(H,27,30)(H,31,32)/t22-,23-/m0/s1. The van der Waals surface area contributed by atoms with Gasteiger partial charge in [0.25, 0.3) is 0 Å². The van der Waals surface area contributed by atoms with E-state index in [4.69, 9.17) is 9.84 Å². The van der Waals surface area contributed by atoms with E-state index in [1.807, 2.05) is 69.3 Å². The number of hydrogen-bond acceptors (Lipinski definition) is 5. The fourth-order valence-electron chi connectivity index (χ4n) is 3.64. The summed E-state index contributed by atoms with van der Waals surface area (Å²) >= 11 is 0. The number of nitrogens with one attached hydrogen (secondary N) is 1. The number of carbonyl (C=O) groups excluding carboxylic acids is 2. The molecule has 0 aliphatic heterocycles. The van der Waals surface area contributed by atoms with Crippen molar-refractivity contribution in [2.75, 3.05) is 6.54 Å². The summed E-state index contributed by atoms with van der Waals surface area (Å²) in [6.45, 7) is 6.08. The Hall–Kier alpha value is -3.39. The quantitative estimate of drug-likeness (QED) is 0.409. The Morgan fingerprint density at radius 3 is 2.41 bits per heavy atom. The number of aliphatic hydroxyl groups is 1. The third-order valence-electron chi connectivity index (χ3n) is 5.45. The van der Waals surface area contributed by atoms with E-state index in [1.54, 1.807) is 0 Å². The Morgan fingerprint density at radius 2 is 1.79 bits per heavy atom. The number of carboxylic acid groups (broad SMARTS) is 1. The van der Waals surface area contributed by atoms with Gasteiger partial charge in [-0.1, -0.05) is 67.4 Å². The molecule has 2 aromatic rings. The molecule has 2 amide bonds. The molecule has 34 heavy (non-hydrogen) atoms. The van der Waals surface area contributed by atoms with Crippen molar-refractivity contribution < 1.29 is 29.3 Å². The highest BCUT2D eigenvalue weighted by Crippen LogP contribution is 2.16. The van der Waals surface area contributed by atoms with Crippen molar-refractivity contribution in [3.05, 3.63) is 70.8 Å². The Labute approximate surface area is 200 Å². The summed E-state index contributed by atoms with van der Waals surface area (Å²) in [7, 11) is 0. The molecule has 0 aliphatic carbocycles. The molecule has 0 spiro atoms. The monoisotopic (exact) mass is 470 g/mol. The number of carbonyl (C=O) groups is 3. The van der Waals surface area contributed by atoms with Crippen molar-refractivity contribution in [3.8, 4) is 0 Å². The van der Waals surface area contributed by atoms with Gasteiger partial charge < -0.3 is 25.2 Å². The Kier molecular flexibility index (Phi) is 10.5. The molecule has 0 radical (unpaired) electrons. The zero-order valence-corrected chi connectivity index (χ0v) is 20.0. The molecule has 0 saturated carbocycles. The smallest absolute Gasteiger partial charge is 0.410 e. The number of amides is 2. The first-order valence-electron chi connectivity index (χ1n) is 11.4. The van der Waals surface area contributed by atoms with Crippen molar-refractivity contribution in [1.82, 2.24) is 10.2 Å². The molecule has 0 saturated heterocycles. The van der Waals surface area contributed by atoms with Crippen molar-refractivity contribution in [1.29, 1.82) is 0 Å². The van der Waals surface area contributed by atoms with Gasteiger partial charge in [0.15, 0.2) is 0 Å². The summed E-state index contributed by atoms with van der Waals surface area (Å²) in [6, 6.07) is 14.3. The molecule has 8 heteroatoms. The fourth-order valence-corrected chi connectivity index (χ4v) is 3.64. The zero-order valence-electron chi connectivity index (χ0n) is 20.0. The topological polar surface area (TPSA) is 116 Å². The third kappa shape index (κ3) is 8.86. The molecule has 0 aliphatic rings. The van der Waals surface area contributed by atoms with Crippen LogP contribution in [0, 0.1) is 13.8 Å². The lowest BCUT2D eigenvalue weighted by Crippen LogP contribution is -2.51. The average molecular weight is 471 g/mol. The highest BCUT2D eigenvalue weighted by Gasteiger charge is 2.28. The Morgan fingerprint density at radius 1 is 1.09 bits per heavy atom. The highest BCUT2D eigenvalue weighted by molar-refractivity contribution is 5.93. The van der Waals surface area contributed by atoms with E-state index in [0.29, 0.717) is 12.8 Å². The number of rotatable bonds is 12. The van der Waals surface area contributed by atoms with Crippen LogP contribution in [0.4, 0.5) is 4.79 Å². The number of ether oxygens (including phenoxy) is 1. The van der Waals surface area contributed by atoms with Gasteiger partial charge in [0, 0.05) is 13.1 Å². The molecule has 0 aromatic heterocycles. The van der Waals surface area contributed by atoms with Crippen LogP contribution >= 0.6 is 0 Å². The van der Waals surface area contributed by atoms with Crippen LogP contribution in [0.3, 0.4) is 0 Å². The highest BCUT2D eigenvalue weighted by atomic mass is 16.6. The summed E-state index contributed by atoms with van der Waals surface area (Å²) in [5.74, 6) is -1.99. The van der Waals surface area contributed by atoms with Gasteiger partial charge in [0.2, 0.25) is 5.91 Å². The normalized spacial score (nSPS) is 12.5. The van der Waals surface area contributed by atoms with Crippen LogP contribution in [0.2, 0.25) is 0 Å². The van der Waals surface area contributed by atoms with Crippen LogP contribution in [-0.4, -0.2) is 51.8 Å². The first-order chi connectivity index (χ1) is 16.2. The van der Waals surface area contributed by atoms with Crippen LogP contribution in [0.15, 0.2) is 48.5 Å². The molecule has 2 atom stereocenters. The summed E-state index contributed by atoms with van der Waals surface area (Å²) in [5.41, 5.74) is 3.83. The minimum atomic E-state index is -1.27. The average Bonchev–Trinajstić information content (AvgIpc) is 2.78. The predicted molar refractivity (Wildman–Crippen MR) is 128 cm³/mol. The number of aryl methyl sites for hydroxylation is 2. The second-order valence-electron chi connectivity index (χ2n) is 8.45. The van der Waals surface area contributed by atoms with Crippen LogP contribution in [0.5, 0.6) is 0 Å². The van der Waals surface area contributed by atoms with Crippen molar-refractivity contribution >= 4 is 18.0 Å². The maximum atomic E-state index is 13.1. The maximum Gasteiger partial charge on any atom is 0.410 e. The van der Waals surface area contributed by atoms with E-state index < -0.39 is 36.5 Å². The lowest BCUT2D eigenvalue weighted by molar-refractivity contribution is -0.141. The van der Waals surface area contributed by atoms with Gasteiger partial charge in [-0.05, 0) is 37.0 Å². The van der Waals surface area contributed by atoms with E-state index in [-0.39, 0.29) is 19.7 Å². The number of benzene rings is 2. The van der Waals surface area contributed by atoms with E-state index >= 15 is 0 Å². The molecule has 8 nitrogen and oxygen atoms in total. The SMILES string of the molecule is CCC[C@H](O)[C@H](CN(Cc1ccc(C)cc1C)C(=O)OCc1ccccc1)NC(=O)CC(=O)O. The first kappa shape index (κ1) is 26.9. The summed E-state index contributed by atoms with van der Waals surface area (Å²) in [5, 5.41) is 22.2. The summed E-state index contributed by atoms with van der Waals surface area (Å²) < 4.78 is 5.53. The Bertz CT molecular complexity index is 963. The minimum absolute atomic E-state index is 0.0343. The van der Waals surface area contributed by atoms with Crippen LogP contribution in [0.1, 0.15) is 48.4 Å². The van der Waals surface area contributed by atoms with Crippen molar-refractivity contribution in [2.24, 2.45) is 0 Å². The second-order valence-corrected chi connectivity index (χ2v) is 8.45. The zero-order chi connectivity index (χ0) is 25.1. The van der Waals surface area contributed by atoms with Gasteiger partial charge in [0.05, 0.1) is 12.1 Å². The van der Waals surface area contributed by atoms with Gasteiger partial charge in [-0.15, -0.1) is 0 Å². The number of aliphatic carboxylic acids is 1. The minimum Gasteiger partial charge on any atom is -0.481 e. The molecular formula is C26H34N2O6. The first-order valence-corrected chi connectivity index (χ1v) is 11.4. The molecule has 2 aromatic carbocycles. The van der Waals surface area contributed by atoms with Gasteiger partial charge >= 0.3 is 12.1 Å². The van der Waals surface area contributed by atoms with Crippen LogP contribution < -0.4 is 5.32 Å². The molecule has 0 bridgehead atoms. The molecule has 184 valence electrons. The lowest BCUT2D eigenvalue weighted by atomic mass is 10.0. The van der Waals surface area contributed by atoms with Crippen molar-refractivity contribution in [3.63, 3.8) is 0 Å².